The maximum absolute atomic E-state index is 10.7. The SMILES string of the molecule is CSC1CC(C(=O)O)C2CC12. The van der Waals surface area contributed by atoms with Crippen LogP contribution < -0.4 is 0 Å². The lowest BCUT2D eigenvalue weighted by Gasteiger charge is -2.09. The largest absolute Gasteiger partial charge is 0.481 e. The maximum atomic E-state index is 10.7. The standard InChI is InChI=1S/C8H12O2S/c1-11-7-3-6(8(9)10)4-2-5(4)7/h4-7H,2-3H2,1H3,(H,9,10). The minimum Gasteiger partial charge on any atom is -0.481 e. The molecule has 4 unspecified atom stereocenters. The van der Waals surface area contributed by atoms with E-state index in [1.54, 1.807) is 0 Å². The smallest absolute Gasteiger partial charge is 0.306 e. The lowest BCUT2D eigenvalue weighted by Crippen LogP contribution is -2.14. The Morgan fingerprint density at radius 3 is 2.55 bits per heavy atom. The molecule has 0 aromatic carbocycles. The van der Waals surface area contributed by atoms with Crippen molar-refractivity contribution in [2.75, 3.05) is 6.26 Å². The Balaban J connectivity index is 2.03. The van der Waals surface area contributed by atoms with E-state index in [2.05, 4.69) is 6.26 Å². The monoisotopic (exact) mass is 172 g/mol. The van der Waals surface area contributed by atoms with Crippen LogP contribution in [0.3, 0.4) is 0 Å². The van der Waals surface area contributed by atoms with E-state index in [9.17, 15) is 4.79 Å². The number of thioether (sulfide) groups is 1. The average molecular weight is 172 g/mol. The van der Waals surface area contributed by atoms with Crippen LogP contribution in [-0.4, -0.2) is 22.6 Å². The summed E-state index contributed by atoms with van der Waals surface area (Å²) in [4.78, 5) is 10.7. The highest BCUT2D eigenvalue weighted by Crippen LogP contribution is 2.58. The average Bonchev–Trinajstić information content (AvgIpc) is 2.65. The van der Waals surface area contributed by atoms with Crippen LogP contribution in [-0.2, 0) is 4.79 Å². The second-order valence-corrected chi connectivity index (χ2v) is 4.59. The van der Waals surface area contributed by atoms with Crippen LogP contribution in [0, 0.1) is 17.8 Å². The molecule has 2 nitrogen and oxygen atoms in total. The molecule has 1 N–H and O–H groups in total. The van der Waals surface area contributed by atoms with Crippen molar-refractivity contribution in [3.63, 3.8) is 0 Å². The van der Waals surface area contributed by atoms with E-state index < -0.39 is 5.97 Å². The summed E-state index contributed by atoms with van der Waals surface area (Å²) in [6.07, 6.45) is 4.17. The minimum absolute atomic E-state index is 0.0163. The fourth-order valence-electron chi connectivity index (χ4n) is 2.28. The molecule has 0 aliphatic heterocycles. The van der Waals surface area contributed by atoms with Gasteiger partial charge in [0.25, 0.3) is 0 Å². The summed E-state index contributed by atoms with van der Waals surface area (Å²) in [7, 11) is 0. The Morgan fingerprint density at radius 2 is 2.18 bits per heavy atom. The molecule has 2 rings (SSSR count). The number of fused-ring (bicyclic) bond motifs is 1. The Labute approximate surface area is 70.4 Å². The van der Waals surface area contributed by atoms with Crippen molar-refractivity contribution < 1.29 is 9.90 Å². The molecule has 3 heteroatoms. The summed E-state index contributed by atoms with van der Waals surface area (Å²) in [5, 5.41) is 9.45. The minimum atomic E-state index is -0.575. The normalized spacial score (nSPS) is 47.0. The molecule has 11 heavy (non-hydrogen) atoms. The van der Waals surface area contributed by atoms with Crippen LogP contribution in [0.5, 0.6) is 0 Å². The van der Waals surface area contributed by atoms with Crippen LogP contribution in [0.4, 0.5) is 0 Å². The summed E-state index contributed by atoms with van der Waals surface area (Å²) in [6, 6.07) is 0. The third-order valence-electron chi connectivity index (χ3n) is 2.99. The van der Waals surface area contributed by atoms with Gasteiger partial charge in [0.1, 0.15) is 0 Å². The first-order chi connectivity index (χ1) is 5.24. The van der Waals surface area contributed by atoms with Gasteiger partial charge in [-0.2, -0.15) is 11.8 Å². The molecular formula is C8H12O2S. The molecule has 0 heterocycles. The number of carboxylic acid groups (broad SMARTS) is 1. The van der Waals surface area contributed by atoms with E-state index in [4.69, 9.17) is 5.11 Å². The quantitative estimate of drug-likeness (QED) is 0.685. The van der Waals surface area contributed by atoms with Gasteiger partial charge in [-0.05, 0) is 30.9 Å². The molecule has 2 aliphatic rings. The number of aliphatic carboxylic acids is 1. The van der Waals surface area contributed by atoms with E-state index in [0.717, 1.165) is 12.3 Å². The summed E-state index contributed by atoms with van der Waals surface area (Å²) >= 11 is 1.84. The highest BCUT2D eigenvalue weighted by Gasteiger charge is 2.56. The third-order valence-corrected chi connectivity index (χ3v) is 4.14. The number of carboxylic acids is 1. The van der Waals surface area contributed by atoms with Crippen LogP contribution in [0.15, 0.2) is 0 Å². The van der Waals surface area contributed by atoms with Crippen LogP contribution >= 0.6 is 11.8 Å². The summed E-state index contributed by atoms with van der Waals surface area (Å²) < 4.78 is 0. The Bertz CT molecular complexity index is 193. The second kappa shape index (κ2) is 2.41. The van der Waals surface area contributed by atoms with Crippen LogP contribution in [0.25, 0.3) is 0 Å². The first kappa shape index (κ1) is 7.47. The molecule has 0 amide bonds. The number of hydrogen-bond acceptors (Lipinski definition) is 2. The molecule has 2 saturated carbocycles. The van der Waals surface area contributed by atoms with Gasteiger partial charge in [0.15, 0.2) is 0 Å². The summed E-state index contributed by atoms with van der Waals surface area (Å²) in [5.74, 6) is 0.683. The molecule has 0 bridgehead atoms. The highest BCUT2D eigenvalue weighted by atomic mass is 32.2. The predicted octanol–water partition coefficient (Wildman–Crippen LogP) is 1.46. The lowest BCUT2D eigenvalue weighted by atomic mass is 10.0. The van der Waals surface area contributed by atoms with Gasteiger partial charge in [-0.3, -0.25) is 4.79 Å². The van der Waals surface area contributed by atoms with Gasteiger partial charge in [-0.25, -0.2) is 0 Å². The molecule has 4 atom stereocenters. The van der Waals surface area contributed by atoms with E-state index in [-0.39, 0.29) is 5.92 Å². The first-order valence-electron chi connectivity index (χ1n) is 3.99. The van der Waals surface area contributed by atoms with Crippen LogP contribution in [0.1, 0.15) is 12.8 Å². The van der Waals surface area contributed by atoms with Crippen molar-refractivity contribution in [1.29, 1.82) is 0 Å². The summed E-state index contributed by atoms with van der Waals surface area (Å²) in [5.41, 5.74) is 0. The van der Waals surface area contributed by atoms with E-state index in [1.165, 1.54) is 6.42 Å². The van der Waals surface area contributed by atoms with Gasteiger partial charge in [-0.15, -0.1) is 0 Å². The first-order valence-corrected chi connectivity index (χ1v) is 5.28. The highest BCUT2D eigenvalue weighted by molar-refractivity contribution is 7.99. The molecule has 62 valence electrons. The van der Waals surface area contributed by atoms with Crippen molar-refractivity contribution >= 4 is 17.7 Å². The Kier molecular flexibility index (Phi) is 1.63. The zero-order chi connectivity index (χ0) is 8.01. The Hall–Kier alpha value is -0.180. The third kappa shape index (κ3) is 1.06. The molecule has 0 radical (unpaired) electrons. The van der Waals surface area contributed by atoms with Gasteiger partial charge < -0.3 is 5.11 Å². The van der Waals surface area contributed by atoms with Gasteiger partial charge >= 0.3 is 5.97 Å². The fourth-order valence-corrected chi connectivity index (χ4v) is 3.34. The molecule has 2 aliphatic carbocycles. The van der Waals surface area contributed by atoms with Crippen LogP contribution in [0.2, 0.25) is 0 Å². The zero-order valence-corrected chi connectivity index (χ0v) is 7.30. The van der Waals surface area contributed by atoms with E-state index >= 15 is 0 Å². The molecule has 2 fully saturated rings. The van der Waals surface area contributed by atoms with Crippen molar-refractivity contribution in [3.8, 4) is 0 Å². The second-order valence-electron chi connectivity index (χ2n) is 3.52. The van der Waals surface area contributed by atoms with E-state index in [1.807, 2.05) is 11.8 Å². The number of hydrogen-bond donors (Lipinski definition) is 1. The molecule has 0 spiro atoms. The Morgan fingerprint density at radius 1 is 1.45 bits per heavy atom. The van der Waals surface area contributed by atoms with Crippen molar-refractivity contribution in [3.05, 3.63) is 0 Å². The molecule has 0 aromatic rings. The fraction of sp³-hybridized carbons (Fsp3) is 0.875. The maximum Gasteiger partial charge on any atom is 0.306 e. The number of rotatable bonds is 2. The van der Waals surface area contributed by atoms with Crippen molar-refractivity contribution in [2.45, 2.75) is 18.1 Å². The zero-order valence-electron chi connectivity index (χ0n) is 6.49. The molecule has 0 aromatic heterocycles. The number of carbonyl (C=O) groups is 1. The summed E-state index contributed by atoms with van der Waals surface area (Å²) in [6.45, 7) is 0. The van der Waals surface area contributed by atoms with Gasteiger partial charge in [-0.1, -0.05) is 0 Å². The molecule has 0 saturated heterocycles. The van der Waals surface area contributed by atoms with Crippen molar-refractivity contribution in [2.24, 2.45) is 17.8 Å². The molecular weight excluding hydrogens is 160 g/mol. The van der Waals surface area contributed by atoms with Gasteiger partial charge in [0.05, 0.1) is 5.92 Å². The van der Waals surface area contributed by atoms with Gasteiger partial charge in [0.2, 0.25) is 0 Å². The predicted molar refractivity (Wildman–Crippen MR) is 44.6 cm³/mol. The van der Waals surface area contributed by atoms with Crippen molar-refractivity contribution in [1.82, 2.24) is 0 Å². The lowest BCUT2D eigenvalue weighted by molar-refractivity contribution is -0.142. The van der Waals surface area contributed by atoms with Gasteiger partial charge in [0, 0.05) is 5.25 Å². The van der Waals surface area contributed by atoms with E-state index in [0.29, 0.717) is 11.2 Å². The topological polar surface area (TPSA) is 37.3 Å².